The number of nitrogens with zero attached hydrogens (tertiary/aromatic N) is 2. The number of methoxy groups -OCH3 is 2. The van der Waals surface area contributed by atoms with Crippen LogP contribution in [-0.4, -0.2) is 29.9 Å². The molecule has 0 aliphatic carbocycles. The first-order chi connectivity index (χ1) is 13.4. The van der Waals surface area contributed by atoms with E-state index in [1.807, 2.05) is 6.07 Å². The van der Waals surface area contributed by atoms with E-state index in [2.05, 4.69) is 26.3 Å². The van der Waals surface area contributed by atoms with Crippen LogP contribution in [0, 0.1) is 0 Å². The second-order valence-corrected chi connectivity index (χ2v) is 7.40. The summed E-state index contributed by atoms with van der Waals surface area (Å²) in [6, 6.07) is 10.2. The highest BCUT2D eigenvalue weighted by Gasteiger charge is 2.16. The van der Waals surface area contributed by atoms with Crippen LogP contribution in [0.3, 0.4) is 0 Å². The lowest BCUT2D eigenvalue weighted by molar-refractivity contribution is 0.102. The number of amides is 1. The average Bonchev–Trinajstić information content (AvgIpc) is 3.10. The molecule has 0 atom stereocenters. The van der Waals surface area contributed by atoms with Crippen molar-refractivity contribution in [3.05, 3.63) is 68.2 Å². The van der Waals surface area contributed by atoms with Crippen molar-refractivity contribution in [2.45, 2.75) is 6.54 Å². The Labute approximate surface area is 180 Å². The van der Waals surface area contributed by atoms with Crippen LogP contribution in [-0.2, 0) is 6.54 Å². The van der Waals surface area contributed by atoms with Gasteiger partial charge in [0.05, 0.1) is 27.0 Å². The molecule has 1 amide bonds. The van der Waals surface area contributed by atoms with Crippen molar-refractivity contribution in [3.63, 3.8) is 0 Å². The van der Waals surface area contributed by atoms with Gasteiger partial charge in [-0.2, -0.15) is 5.10 Å². The maximum Gasteiger partial charge on any atom is 0.257 e. The molecule has 1 aromatic heterocycles. The van der Waals surface area contributed by atoms with Gasteiger partial charge in [-0.1, -0.05) is 29.3 Å². The molecule has 28 heavy (non-hydrogen) atoms. The number of carbonyl (C=O) groups is 1. The van der Waals surface area contributed by atoms with Crippen LogP contribution in [0.4, 0.5) is 5.82 Å². The number of benzene rings is 2. The number of hydrogen-bond acceptors (Lipinski definition) is 4. The summed E-state index contributed by atoms with van der Waals surface area (Å²) in [5, 5.41) is 8.19. The Morgan fingerprint density at radius 3 is 2.43 bits per heavy atom. The quantitative estimate of drug-likeness (QED) is 0.517. The minimum atomic E-state index is -0.326. The number of halogens is 3. The van der Waals surface area contributed by atoms with E-state index >= 15 is 0 Å². The van der Waals surface area contributed by atoms with E-state index in [4.69, 9.17) is 32.7 Å². The Bertz CT molecular complexity index is 998. The lowest BCUT2D eigenvalue weighted by Gasteiger charge is -2.13. The van der Waals surface area contributed by atoms with Crippen LogP contribution in [0.1, 0.15) is 15.9 Å². The van der Waals surface area contributed by atoms with Gasteiger partial charge in [0, 0.05) is 21.7 Å². The molecule has 0 saturated carbocycles. The van der Waals surface area contributed by atoms with E-state index in [9.17, 15) is 4.79 Å². The summed E-state index contributed by atoms with van der Waals surface area (Å²) >= 11 is 15.6. The van der Waals surface area contributed by atoms with Crippen molar-refractivity contribution < 1.29 is 14.3 Å². The third kappa shape index (κ3) is 4.43. The summed E-state index contributed by atoms with van der Waals surface area (Å²) in [6.07, 6.45) is 1.60. The second kappa shape index (κ2) is 8.86. The number of nitrogens with one attached hydrogen (secondary N) is 1. The van der Waals surface area contributed by atoms with Crippen molar-refractivity contribution in [1.82, 2.24) is 9.78 Å². The number of ether oxygens (including phenoxy) is 2. The maximum atomic E-state index is 12.8. The summed E-state index contributed by atoms with van der Waals surface area (Å²) < 4.78 is 12.9. The van der Waals surface area contributed by atoms with Gasteiger partial charge in [0.25, 0.3) is 5.91 Å². The molecule has 9 heteroatoms. The largest absolute Gasteiger partial charge is 0.495 e. The van der Waals surface area contributed by atoms with Gasteiger partial charge in [-0.25, -0.2) is 4.68 Å². The predicted molar refractivity (Wildman–Crippen MR) is 113 cm³/mol. The molecule has 1 heterocycles. The highest BCUT2D eigenvalue weighted by molar-refractivity contribution is 9.10. The standard InChI is InChI=1S/C19H16BrCl2N3O3/c1-27-15-7-12(8-16(28-2)18(15)20)19(26)24-17-5-6-23-25(17)10-11-3-4-13(21)9-14(11)22/h3-9H,10H2,1-2H3,(H,24,26). The third-order valence-electron chi connectivity index (χ3n) is 4.00. The lowest BCUT2D eigenvalue weighted by Crippen LogP contribution is -2.16. The summed E-state index contributed by atoms with van der Waals surface area (Å²) in [7, 11) is 3.04. The average molecular weight is 485 g/mol. The van der Waals surface area contributed by atoms with Crippen molar-refractivity contribution in [3.8, 4) is 11.5 Å². The second-order valence-electron chi connectivity index (χ2n) is 5.76. The molecule has 0 saturated heterocycles. The predicted octanol–water partition coefficient (Wildman–Crippen LogP) is 5.27. The molecule has 2 aromatic carbocycles. The minimum Gasteiger partial charge on any atom is -0.495 e. The first-order valence-electron chi connectivity index (χ1n) is 8.11. The van der Waals surface area contributed by atoms with E-state index in [1.54, 1.807) is 41.2 Å². The normalized spacial score (nSPS) is 10.6. The zero-order valence-electron chi connectivity index (χ0n) is 15.0. The fourth-order valence-electron chi connectivity index (χ4n) is 2.57. The zero-order chi connectivity index (χ0) is 20.3. The molecule has 3 aromatic rings. The minimum absolute atomic E-state index is 0.326. The van der Waals surface area contributed by atoms with E-state index in [-0.39, 0.29) is 5.91 Å². The Morgan fingerprint density at radius 1 is 1.14 bits per heavy atom. The first-order valence-corrected chi connectivity index (χ1v) is 9.66. The van der Waals surface area contributed by atoms with Gasteiger partial charge in [-0.3, -0.25) is 4.79 Å². The first kappa shape index (κ1) is 20.5. The van der Waals surface area contributed by atoms with Gasteiger partial charge in [-0.05, 0) is 45.8 Å². The number of aromatic nitrogens is 2. The van der Waals surface area contributed by atoms with Crippen molar-refractivity contribution in [1.29, 1.82) is 0 Å². The molecule has 1 N–H and O–H groups in total. The topological polar surface area (TPSA) is 65.4 Å². The van der Waals surface area contributed by atoms with Gasteiger partial charge in [-0.15, -0.1) is 0 Å². The molecule has 3 rings (SSSR count). The van der Waals surface area contributed by atoms with Crippen LogP contribution in [0.5, 0.6) is 11.5 Å². The van der Waals surface area contributed by atoms with Crippen LogP contribution >= 0.6 is 39.1 Å². The van der Waals surface area contributed by atoms with E-state index in [0.717, 1.165) is 5.56 Å². The number of carbonyl (C=O) groups excluding carboxylic acids is 1. The molecule has 0 bridgehead atoms. The van der Waals surface area contributed by atoms with Crippen LogP contribution in [0.2, 0.25) is 10.0 Å². The Kier molecular flexibility index (Phi) is 6.49. The number of rotatable bonds is 6. The monoisotopic (exact) mass is 483 g/mol. The Morgan fingerprint density at radius 2 is 1.82 bits per heavy atom. The molecule has 0 aliphatic heterocycles. The highest BCUT2D eigenvalue weighted by Crippen LogP contribution is 2.35. The van der Waals surface area contributed by atoms with Crippen molar-refractivity contribution in [2.24, 2.45) is 0 Å². The van der Waals surface area contributed by atoms with Gasteiger partial charge >= 0.3 is 0 Å². The van der Waals surface area contributed by atoms with Crippen LogP contribution in [0.15, 0.2) is 47.1 Å². The highest BCUT2D eigenvalue weighted by atomic mass is 79.9. The molecule has 0 aliphatic rings. The van der Waals surface area contributed by atoms with Gasteiger partial charge in [0.2, 0.25) is 0 Å². The molecule has 146 valence electrons. The zero-order valence-corrected chi connectivity index (χ0v) is 18.1. The summed E-state index contributed by atoms with van der Waals surface area (Å²) in [4.78, 5) is 12.8. The summed E-state index contributed by atoms with van der Waals surface area (Å²) in [6.45, 7) is 0.381. The molecule has 0 spiro atoms. The molecule has 0 fully saturated rings. The van der Waals surface area contributed by atoms with Gasteiger partial charge in [0.15, 0.2) is 0 Å². The number of anilines is 1. The van der Waals surface area contributed by atoms with Crippen molar-refractivity contribution >= 4 is 50.9 Å². The van der Waals surface area contributed by atoms with Crippen LogP contribution in [0.25, 0.3) is 0 Å². The van der Waals surface area contributed by atoms with Gasteiger partial charge < -0.3 is 14.8 Å². The molecular weight excluding hydrogens is 469 g/mol. The summed E-state index contributed by atoms with van der Waals surface area (Å²) in [5.74, 6) is 1.18. The van der Waals surface area contributed by atoms with E-state index in [0.29, 0.717) is 43.9 Å². The van der Waals surface area contributed by atoms with E-state index < -0.39 is 0 Å². The SMILES string of the molecule is COc1cc(C(=O)Nc2ccnn2Cc2ccc(Cl)cc2Cl)cc(OC)c1Br. The fraction of sp³-hybridized carbons (Fsp3) is 0.158. The number of hydrogen-bond donors (Lipinski definition) is 1. The molecule has 0 unspecified atom stereocenters. The van der Waals surface area contributed by atoms with Crippen LogP contribution < -0.4 is 14.8 Å². The Hall–Kier alpha value is -2.22. The molecular formula is C19H16BrCl2N3O3. The van der Waals surface area contributed by atoms with Crippen molar-refractivity contribution in [2.75, 3.05) is 19.5 Å². The molecule has 0 radical (unpaired) electrons. The van der Waals surface area contributed by atoms with E-state index in [1.165, 1.54) is 14.2 Å². The fourth-order valence-corrected chi connectivity index (χ4v) is 3.59. The van der Waals surface area contributed by atoms with Gasteiger partial charge in [0.1, 0.15) is 21.8 Å². The smallest absolute Gasteiger partial charge is 0.257 e. The maximum absolute atomic E-state index is 12.8. The summed E-state index contributed by atoms with van der Waals surface area (Å²) in [5.41, 5.74) is 1.21. The third-order valence-corrected chi connectivity index (χ3v) is 5.37. The Balaban J connectivity index is 1.83. The lowest BCUT2D eigenvalue weighted by atomic mass is 10.2. The molecule has 6 nitrogen and oxygen atoms in total.